The second-order valence-corrected chi connectivity index (χ2v) is 5.63. The zero-order valence-electron chi connectivity index (χ0n) is 10.7. The molecule has 0 bridgehead atoms. The van der Waals surface area contributed by atoms with Crippen molar-refractivity contribution in [3.63, 3.8) is 0 Å². The Hall–Kier alpha value is -0.930. The van der Waals surface area contributed by atoms with Crippen molar-refractivity contribution < 1.29 is 9.47 Å². The Balaban J connectivity index is 1.96. The minimum atomic E-state index is 0.471. The van der Waals surface area contributed by atoms with Crippen molar-refractivity contribution in [3.05, 3.63) is 22.7 Å². The molecule has 3 atom stereocenters. The van der Waals surface area contributed by atoms with E-state index in [1.165, 1.54) is 5.56 Å². The van der Waals surface area contributed by atoms with Gasteiger partial charge in [0.25, 0.3) is 0 Å². The van der Waals surface area contributed by atoms with Crippen molar-refractivity contribution in [1.82, 2.24) is 5.32 Å². The molecule has 2 heterocycles. The number of nitrogens with one attached hydrogen (secondary N) is 1. The summed E-state index contributed by atoms with van der Waals surface area (Å²) in [5.74, 6) is 1.97. The third-order valence-electron chi connectivity index (χ3n) is 3.81. The average Bonchev–Trinajstić information content (AvgIpc) is 2.68. The molecule has 1 saturated heterocycles. The molecule has 0 saturated carbocycles. The van der Waals surface area contributed by atoms with Gasteiger partial charge in [0.05, 0.1) is 5.02 Å². The number of benzene rings is 1. The van der Waals surface area contributed by atoms with Crippen LogP contribution in [0.4, 0.5) is 0 Å². The fourth-order valence-electron chi connectivity index (χ4n) is 2.99. The average molecular weight is 268 g/mol. The fraction of sp³-hybridized carbons (Fsp3) is 0.571. The van der Waals surface area contributed by atoms with E-state index in [1.54, 1.807) is 0 Å². The highest BCUT2D eigenvalue weighted by Gasteiger charge is 2.30. The third-order valence-corrected chi connectivity index (χ3v) is 4.09. The fourth-order valence-corrected chi connectivity index (χ4v) is 3.26. The Labute approximate surface area is 112 Å². The van der Waals surface area contributed by atoms with Crippen LogP contribution in [0.2, 0.25) is 5.02 Å². The van der Waals surface area contributed by atoms with Gasteiger partial charge in [0, 0.05) is 18.0 Å². The van der Waals surface area contributed by atoms with Crippen molar-refractivity contribution in [1.29, 1.82) is 0 Å². The lowest BCUT2D eigenvalue weighted by atomic mass is 9.91. The van der Waals surface area contributed by atoms with E-state index >= 15 is 0 Å². The summed E-state index contributed by atoms with van der Waals surface area (Å²) in [6.45, 7) is 5.61. The van der Waals surface area contributed by atoms with Crippen LogP contribution in [0.15, 0.2) is 12.1 Å². The van der Waals surface area contributed by atoms with E-state index in [4.69, 9.17) is 21.1 Å². The van der Waals surface area contributed by atoms with Crippen molar-refractivity contribution in [2.75, 3.05) is 13.2 Å². The van der Waals surface area contributed by atoms with Gasteiger partial charge in [-0.1, -0.05) is 11.6 Å². The molecule has 1 N–H and O–H groups in total. The molecule has 1 fully saturated rings. The summed E-state index contributed by atoms with van der Waals surface area (Å²) in [6.07, 6.45) is 1.14. The summed E-state index contributed by atoms with van der Waals surface area (Å²) in [5, 5.41) is 4.21. The van der Waals surface area contributed by atoms with E-state index in [0.717, 1.165) is 12.2 Å². The van der Waals surface area contributed by atoms with E-state index in [1.807, 2.05) is 6.07 Å². The topological polar surface area (TPSA) is 30.5 Å². The van der Waals surface area contributed by atoms with Crippen LogP contribution in [-0.2, 0) is 0 Å². The maximum atomic E-state index is 6.28. The number of hydrogen-bond donors (Lipinski definition) is 1. The predicted molar refractivity (Wildman–Crippen MR) is 71.9 cm³/mol. The minimum Gasteiger partial charge on any atom is -0.486 e. The molecule has 18 heavy (non-hydrogen) atoms. The van der Waals surface area contributed by atoms with E-state index < -0.39 is 0 Å². The van der Waals surface area contributed by atoms with Crippen LogP contribution in [0.5, 0.6) is 11.5 Å². The summed E-state index contributed by atoms with van der Waals surface area (Å²) in [5.41, 5.74) is 1.24. The van der Waals surface area contributed by atoms with Crippen LogP contribution < -0.4 is 14.8 Å². The molecule has 3 nitrogen and oxygen atoms in total. The standard InChI is InChI=1S/C14H18ClNO2/c1-8-5-11(9(2)16-8)10-6-12(15)14-13(7-10)17-3-4-18-14/h6-9,11,16H,3-5H2,1-2H3. The molecule has 98 valence electrons. The van der Waals surface area contributed by atoms with Gasteiger partial charge in [-0.2, -0.15) is 0 Å². The molecule has 2 aliphatic rings. The van der Waals surface area contributed by atoms with Gasteiger partial charge in [0.1, 0.15) is 13.2 Å². The second kappa shape index (κ2) is 4.63. The third kappa shape index (κ3) is 2.06. The summed E-state index contributed by atoms with van der Waals surface area (Å²) in [7, 11) is 0. The molecule has 0 spiro atoms. The Morgan fingerprint density at radius 3 is 2.72 bits per heavy atom. The van der Waals surface area contributed by atoms with Crippen LogP contribution in [0.25, 0.3) is 0 Å². The lowest BCUT2D eigenvalue weighted by Crippen LogP contribution is -2.26. The minimum absolute atomic E-state index is 0.471. The molecule has 1 aromatic rings. The Morgan fingerprint density at radius 1 is 1.22 bits per heavy atom. The predicted octanol–water partition coefficient (Wildman–Crippen LogP) is 2.97. The molecular formula is C14H18ClNO2. The van der Waals surface area contributed by atoms with Crippen molar-refractivity contribution in [2.45, 2.75) is 38.3 Å². The zero-order valence-corrected chi connectivity index (χ0v) is 11.5. The zero-order chi connectivity index (χ0) is 12.7. The van der Waals surface area contributed by atoms with E-state index in [-0.39, 0.29) is 0 Å². The number of rotatable bonds is 1. The number of hydrogen-bond acceptors (Lipinski definition) is 3. The maximum Gasteiger partial charge on any atom is 0.179 e. The maximum absolute atomic E-state index is 6.28. The summed E-state index contributed by atoms with van der Waals surface area (Å²) < 4.78 is 11.2. The van der Waals surface area contributed by atoms with Gasteiger partial charge in [-0.05, 0) is 38.0 Å². The molecule has 0 amide bonds. The quantitative estimate of drug-likeness (QED) is 0.849. The second-order valence-electron chi connectivity index (χ2n) is 5.23. The van der Waals surface area contributed by atoms with Gasteiger partial charge in [0.2, 0.25) is 0 Å². The van der Waals surface area contributed by atoms with Crippen LogP contribution >= 0.6 is 11.6 Å². The number of halogens is 1. The van der Waals surface area contributed by atoms with Gasteiger partial charge >= 0.3 is 0 Å². The molecular weight excluding hydrogens is 250 g/mol. The first-order chi connectivity index (χ1) is 8.65. The largest absolute Gasteiger partial charge is 0.486 e. The van der Waals surface area contributed by atoms with Gasteiger partial charge in [-0.3, -0.25) is 0 Å². The first kappa shape index (κ1) is 12.1. The highest BCUT2D eigenvalue weighted by molar-refractivity contribution is 6.32. The molecule has 0 aliphatic carbocycles. The van der Waals surface area contributed by atoms with Crippen LogP contribution in [-0.4, -0.2) is 25.3 Å². The molecule has 1 aromatic carbocycles. The lowest BCUT2D eigenvalue weighted by Gasteiger charge is -2.23. The van der Waals surface area contributed by atoms with Crippen molar-refractivity contribution in [3.8, 4) is 11.5 Å². The Kier molecular flexibility index (Phi) is 3.12. The van der Waals surface area contributed by atoms with E-state index in [9.17, 15) is 0 Å². The Morgan fingerprint density at radius 2 is 2.00 bits per heavy atom. The van der Waals surface area contributed by atoms with Crippen molar-refractivity contribution >= 4 is 11.6 Å². The molecule has 4 heteroatoms. The lowest BCUT2D eigenvalue weighted by molar-refractivity contribution is 0.171. The van der Waals surface area contributed by atoms with Gasteiger partial charge in [-0.25, -0.2) is 0 Å². The monoisotopic (exact) mass is 267 g/mol. The first-order valence-electron chi connectivity index (χ1n) is 6.50. The van der Waals surface area contributed by atoms with Crippen LogP contribution in [0, 0.1) is 0 Å². The van der Waals surface area contributed by atoms with Crippen molar-refractivity contribution in [2.24, 2.45) is 0 Å². The molecule has 3 rings (SSSR count). The van der Waals surface area contributed by atoms with Gasteiger partial charge in [-0.15, -0.1) is 0 Å². The highest BCUT2D eigenvalue weighted by atomic mass is 35.5. The van der Waals surface area contributed by atoms with E-state index in [0.29, 0.717) is 42.0 Å². The smallest absolute Gasteiger partial charge is 0.179 e. The normalized spacial score (nSPS) is 30.5. The SMILES string of the molecule is CC1CC(c2cc(Cl)c3c(c2)OCCO3)C(C)N1. The van der Waals surface area contributed by atoms with E-state index in [2.05, 4.69) is 25.2 Å². The van der Waals surface area contributed by atoms with Gasteiger partial charge < -0.3 is 14.8 Å². The first-order valence-corrected chi connectivity index (χ1v) is 6.88. The summed E-state index contributed by atoms with van der Waals surface area (Å²) in [4.78, 5) is 0. The molecule has 0 radical (unpaired) electrons. The molecule has 3 unspecified atom stereocenters. The number of fused-ring (bicyclic) bond motifs is 1. The summed E-state index contributed by atoms with van der Waals surface area (Å²) >= 11 is 6.28. The van der Waals surface area contributed by atoms with Crippen LogP contribution in [0.3, 0.4) is 0 Å². The highest BCUT2D eigenvalue weighted by Crippen LogP contribution is 2.42. The number of ether oxygens (including phenoxy) is 2. The molecule has 2 aliphatic heterocycles. The summed E-state index contributed by atoms with van der Waals surface area (Å²) in [6, 6.07) is 5.13. The van der Waals surface area contributed by atoms with Gasteiger partial charge in [0.15, 0.2) is 11.5 Å². The molecule has 0 aromatic heterocycles. The van der Waals surface area contributed by atoms with Crippen LogP contribution in [0.1, 0.15) is 31.7 Å². The Bertz CT molecular complexity index is 463.